The van der Waals surface area contributed by atoms with Crippen molar-refractivity contribution in [3.63, 3.8) is 0 Å². The molecule has 1 aromatic heterocycles. The number of hydrogen-bond donors (Lipinski definition) is 2. The molecule has 1 fully saturated rings. The van der Waals surface area contributed by atoms with Crippen LogP contribution >= 0.6 is 11.6 Å². The topological polar surface area (TPSA) is 63.2 Å². The molecule has 1 heterocycles. The van der Waals surface area contributed by atoms with Crippen LogP contribution in [-0.4, -0.2) is 29.6 Å². The Morgan fingerprint density at radius 3 is 2.35 bits per heavy atom. The lowest BCUT2D eigenvalue weighted by atomic mass is 9.80. The van der Waals surface area contributed by atoms with Crippen LogP contribution in [0.15, 0.2) is 72.9 Å². The number of benzene rings is 2. The molecule has 5 nitrogen and oxygen atoms in total. The average Bonchev–Trinajstić information content (AvgIpc) is 3.37. The molecule has 1 aliphatic carbocycles. The number of nitrogens with one attached hydrogen (secondary N) is 2. The normalized spacial score (nSPS) is 15.8. The Kier molecular flexibility index (Phi) is 8.22. The fourth-order valence-electron chi connectivity index (χ4n) is 4.61. The van der Waals surface area contributed by atoms with E-state index in [9.17, 15) is 22.4 Å². The van der Waals surface area contributed by atoms with E-state index in [0.717, 1.165) is 37.3 Å². The number of urea groups is 1. The second kappa shape index (κ2) is 11.4. The first kappa shape index (κ1) is 26.7. The molecule has 10 heteroatoms. The van der Waals surface area contributed by atoms with E-state index >= 15 is 0 Å². The van der Waals surface area contributed by atoms with Crippen LogP contribution in [0.1, 0.15) is 42.5 Å². The minimum atomic E-state index is -4.76. The molecular weight excluding hydrogens is 510 g/mol. The lowest BCUT2D eigenvalue weighted by molar-refractivity contribution is -0.253. The summed E-state index contributed by atoms with van der Waals surface area (Å²) < 4.78 is 59.0. The van der Waals surface area contributed by atoms with Gasteiger partial charge in [-0.1, -0.05) is 73.0 Å². The van der Waals surface area contributed by atoms with E-state index in [-0.39, 0.29) is 23.7 Å². The van der Waals surface area contributed by atoms with Crippen molar-refractivity contribution in [1.82, 2.24) is 15.6 Å². The number of pyridine rings is 1. The van der Waals surface area contributed by atoms with Gasteiger partial charge in [0.05, 0.1) is 10.7 Å². The van der Waals surface area contributed by atoms with E-state index in [2.05, 4.69) is 20.4 Å². The van der Waals surface area contributed by atoms with Gasteiger partial charge in [0.2, 0.25) is 0 Å². The Labute approximate surface area is 217 Å². The summed E-state index contributed by atoms with van der Waals surface area (Å²) in [5, 5.41) is 6.21. The molecule has 2 amide bonds. The number of carbonyl (C=O) groups excluding carboxylic acids is 1. The molecule has 4 rings (SSSR count). The zero-order chi connectivity index (χ0) is 26.5. The quantitative estimate of drug-likeness (QED) is 0.300. The summed E-state index contributed by atoms with van der Waals surface area (Å²) in [4.78, 5) is 17.8. The van der Waals surface area contributed by atoms with Gasteiger partial charge in [-0.15, -0.1) is 0 Å². The van der Waals surface area contributed by atoms with Crippen LogP contribution in [0.2, 0.25) is 5.02 Å². The number of amides is 2. The van der Waals surface area contributed by atoms with Crippen LogP contribution in [0.5, 0.6) is 5.75 Å². The largest absolute Gasteiger partial charge is 0.461 e. The molecular formula is C27H26ClF4N3O2. The maximum Gasteiger partial charge on any atom is 0.461 e. The maximum atomic E-state index is 14.1. The Morgan fingerprint density at radius 2 is 1.70 bits per heavy atom. The Balaban J connectivity index is 1.88. The third-order valence-electron chi connectivity index (χ3n) is 6.34. The van der Waals surface area contributed by atoms with Crippen molar-refractivity contribution in [2.45, 2.75) is 56.2 Å². The van der Waals surface area contributed by atoms with Crippen LogP contribution < -0.4 is 15.4 Å². The van der Waals surface area contributed by atoms with Crippen molar-refractivity contribution in [2.24, 2.45) is 0 Å². The first-order valence-electron chi connectivity index (χ1n) is 11.9. The molecule has 1 saturated carbocycles. The van der Waals surface area contributed by atoms with Crippen LogP contribution in [0, 0.1) is 0 Å². The smallest absolute Gasteiger partial charge is 0.428 e. The third kappa shape index (κ3) is 6.33. The first-order valence-corrected chi connectivity index (χ1v) is 12.3. The molecule has 2 N–H and O–H groups in total. The zero-order valence-corrected chi connectivity index (χ0v) is 20.5. The Morgan fingerprint density at radius 1 is 1.03 bits per heavy atom. The number of nitrogens with zero attached hydrogens (tertiary/aromatic N) is 1. The maximum absolute atomic E-state index is 14.1. The third-order valence-corrected chi connectivity index (χ3v) is 6.56. The highest BCUT2D eigenvalue weighted by atomic mass is 35.5. The highest BCUT2D eigenvalue weighted by molar-refractivity contribution is 6.30. The minimum absolute atomic E-state index is 0.0376. The highest BCUT2D eigenvalue weighted by Gasteiger charge is 2.47. The molecule has 196 valence electrons. The molecule has 0 aliphatic heterocycles. The molecule has 3 aromatic rings. The summed E-state index contributed by atoms with van der Waals surface area (Å²) in [6.07, 6.45) is -3.79. The SMILES string of the molecule is O=C(NC1CCCC1)NC(Cc1ccccc1)(c1ccc(Cl)cn1)c1ccccc1OC(F)(F)C(F)F. The predicted octanol–water partition coefficient (Wildman–Crippen LogP) is 6.70. The molecule has 0 radical (unpaired) electrons. The lowest BCUT2D eigenvalue weighted by Gasteiger charge is -2.37. The second-order valence-electron chi connectivity index (χ2n) is 8.97. The summed E-state index contributed by atoms with van der Waals surface area (Å²) in [7, 11) is 0. The van der Waals surface area contributed by atoms with Crippen molar-refractivity contribution >= 4 is 17.6 Å². The number of rotatable bonds is 9. The molecule has 1 atom stereocenters. The summed E-state index contributed by atoms with van der Waals surface area (Å²) in [5.74, 6) is -0.512. The number of carbonyl (C=O) groups is 1. The molecule has 1 unspecified atom stereocenters. The second-order valence-corrected chi connectivity index (χ2v) is 9.41. The fourth-order valence-corrected chi connectivity index (χ4v) is 4.73. The number of ether oxygens (including phenoxy) is 1. The van der Waals surface area contributed by atoms with Gasteiger partial charge in [-0.3, -0.25) is 4.98 Å². The lowest BCUT2D eigenvalue weighted by Crippen LogP contribution is -2.54. The standard InChI is InChI=1S/C27H26ClF4N3O2/c28-19-14-15-23(33-17-19)26(16-18-8-2-1-3-9-18,35-25(36)34-20-10-4-5-11-20)21-12-6-7-13-22(21)37-27(31,32)24(29)30/h1-3,6-9,12-15,17,20,24H,4-5,10-11,16H2,(H2,34,35,36). The van der Waals surface area contributed by atoms with Gasteiger partial charge in [0.15, 0.2) is 0 Å². The van der Waals surface area contributed by atoms with Crippen LogP contribution in [0.4, 0.5) is 22.4 Å². The Hall–Kier alpha value is -3.33. The van der Waals surface area contributed by atoms with Crippen LogP contribution in [0.3, 0.4) is 0 Å². The summed E-state index contributed by atoms with van der Waals surface area (Å²) in [6.45, 7) is 0. The van der Waals surface area contributed by atoms with E-state index in [0.29, 0.717) is 5.02 Å². The fraction of sp³-hybridized carbons (Fsp3) is 0.333. The van der Waals surface area contributed by atoms with Crippen molar-refractivity contribution in [3.8, 4) is 5.75 Å². The van der Waals surface area contributed by atoms with Gasteiger partial charge in [0, 0.05) is 24.2 Å². The van der Waals surface area contributed by atoms with Gasteiger partial charge in [-0.25, -0.2) is 4.79 Å². The van der Waals surface area contributed by atoms with Gasteiger partial charge in [-0.05, 0) is 36.6 Å². The average molecular weight is 536 g/mol. The number of hydrogen-bond acceptors (Lipinski definition) is 3. The van der Waals surface area contributed by atoms with Crippen molar-refractivity contribution < 1.29 is 27.1 Å². The van der Waals surface area contributed by atoms with Crippen molar-refractivity contribution in [3.05, 3.63) is 94.8 Å². The van der Waals surface area contributed by atoms with E-state index in [1.165, 1.54) is 18.3 Å². The monoisotopic (exact) mass is 535 g/mol. The number of alkyl halides is 4. The summed E-state index contributed by atoms with van der Waals surface area (Å²) in [5.41, 5.74) is -0.547. The van der Waals surface area contributed by atoms with E-state index < -0.39 is 29.9 Å². The van der Waals surface area contributed by atoms with Gasteiger partial charge in [0.1, 0.15) is 11.3 Å². The Bertz CT molecular complexity index is 1190. The molecule has 2 aromatic carbocycles. The molecule has 0 bridgehead atoms. The minimum Gasteiger partial charge on any atom is -0.428 e. The molecule has 0 saturated heterocycles. The van der Waals surface area contributed by atoms with Crippen LogP contribution in [-0.2, 0) is 12.0 Å². The number of halogens is 5. The predicted molar refractivity (Wildman–Crippen MR) is 132 cm³/mol. The van der Waals surface area contributed by atoms with Crippen molar-refractivity contribution in [2.75, 3.05) is 0 Å². The van der Waals surface area contributed by atoms with Gasteiger partial charge >= 0.3 is 18.6 Å². The van der Waals surface area contributed by atoms with Gasteiger partial charge < -0.3 is 15.4 Å². The van der Waals surface area contributed by atoms with Gasteiger partial charge in [-0.2, -0.15) is 17.6 Å². The summed E-state index contributed by atoms with van der Waals surface area (Å²) in [6, 6.07) is 17.1. The highest BCUT2D eigenvalue weighted by Crippen LogP contribution is 2.40. The van der Waals surface area contributed by atoms with Gasteiger partial charge in [0.25, 0.3) is 0 Å². The number of para-hydroxylation sites is 1. The zero-order valence-electron chi connectivity index (χ0n) is 19.8. The van der Waals surface area contributed by atoms with Crippen molar-refractivity contribution in [1.29, 1.82) is 0 Å². The van der Waals surface area contributed by atoms with Crippen LogP contribution in [0.25, 0.3) is 0 Å². The number of aromatic nitrogens is 1. The molecule has 0 spiro atoms. The van der Waals surface area contributed by atoms with E-state index in [4.69, 9.17) is 11.6 Å². The van der Waals surface area contributed by atoms with E-state index in [1.807, 2.05) is 6.07 Å². The molecule has 1 aliphatic rings. The summed E-state index contributed by atoms with van der Waals surface area (Å²) >= 11 is 6.07. The first-order chi connectivity index (χ1) is 17.7. The van der Waals surface area contributed by atoms with E-state index in [1.54, 1.807) is 42.5 Å². The molecule has 37 heavy (non-hydrogen) atoms.